The first-order valence-electron chi connectivity index (χ1n) is 5.97. The zero-order valence-electron chi connectivity index (χ0n) is 10.3. The highest BCUT2D eigenvalue weighted by Crippen LogP contribution is 2.29. The van der Waals surface area contributed by atoms with Gasteiger partial charge in [0.1, 0.15) is 12.7 Å². The van der Waals surface area contributed by atoms with Gasteiger partial charge in [-0.15, -0.1) is 0 Å². The number of hydrogen-bond acceptors (Lipinski definition) is 3. The summed E-state index contributed by atoms with van der Waals surface area (Å²) in [5.41, 5.74) is 1.11. The summed E-state index contributed by atoms with van der Waals surface area (Å²) in [6.45, 7) is 6.00. The molecule has 1 aliphatic rings. The molecule has 0 radical (unpaired) electrons. The maximum absolute atomic E-state index is 5.72. The first kappa shape index (κ1) is 12.0. The van der Waals surface area contributed by atoms with Gasteiger partial charge in [0.2, 0.25) is 0 Å². The Hall–Kier alpha value is -1.48. The molecule has 0 bridgehead atoms. The van der Waals surface area contributed by atoms with Crippen molar-refractivity contribution in [2.24, 2.45) is 0 Å². The molecule has 1 aromatic rings. The predicted octanol–water partition coefficient (Wildman–Crippen LogP) is 2.90. The van der Waals surface area contributed by atoms with Gasteiger partial charge >= 0.3 is 0 Å². The minimum Gasteiger partial charge on any atom is -0.490 e. The van der Waals surface area contributed by atoms with Crippen LogP contribution in [0.3, 0.4) is 0 Å². The molecule has 1 fully saturated rings. The normalized spacial score (nSPS) is 18.4. The molecule has 1 aromatic carbocycles. The number of allylic oxidation sites excluding steroid dienone is 1. The third-order valence-corrected chi connectivity index (χ3v) is 2.45. The van der Waals surface area contributed by atoms with Crippen LogP contribution in [-0.2, 0) is 4.74 Å². The van der Waals surface area contributed by atoms with Gasteiger partial charge in [0, 0.05) is 0 Å². The zero-order valence-corrected chi connectivity index (χ0v) is 10.3. The Morgan fingerprint density at radius 1 is 1.35 bits per heavy atom. The third-order valence-electron chi connectivity index (χ3n) is 2.45. The van der Waals surface area contributed by atoms with Crippen LogP contribution < -0.4 is 9.47 Å². The fraction of sp³-hybridized carbons (Fsp3) is 0.429. The Bertz CT molecular complexity index is 394. The second kappa shape index (κ2) is 5.73. The van der Waals surface area contributed by atoms with Gasteiger partial charge in [0.05, 0.1) is 13.2 Å². The lowest BCUT2D eigenvalue weighted by molar-refractivity contribution is 0.245. The lowest BCUT2D eigenvalue weighted by Gasteiger charge is -2.11. The van der Waals surface area contributed by atoms with Crippen LogP contribution in [0.25, 0.3) is 6.08 Å². The maximum atomic E-state index is 5.72. The van der Waals surface area contributed by atoms with Crippen molar-refractivity contribution < 1.29 is 14.2 Å². The monoisotopic (exact) mass is 234 g/mol. The SMILES string of the molecule is C/C=C/c1ccc(OCC)c(OCC2CO2)c1. The number of ether oxygens (including phenoxy) is 3. The van der Waals surface area contributed by atoms with Crippen LogP contribution in [0, 0.1) is 0 Å². The lowest BCUT2D eigenvalue weighted by atomic mass is 10.2. The number of epoxide rings is 1. The van der Waals surface area contributed by atoms with E-state index in [0.717, 1.165) is 23.7 Å². The van der Waals surface area contributed by atoms with Crippen molar-refractivity contribution in [2.75, 3.05) is 19.8 Å². The van der Waals surface area contributed by atoms with Crippen LogP contribution in [0.15, 0.2) is 24.3 Å². The number of hydrogen-bond donors (Lipinski definition) is 0. The van der Waals surface area contributed by atoms with Gasteiger partial charge in [0.25, 0.3) is 0 Å². The van der Waals surface area contributed by atoms with Crippen molar-refractivity contribution in [3.05, 3.63) is 29.8 Å². The van der Waals surface area contributed by atoms with Crippen molar-refractivity contribution in [3.63, 3.8) is 0 Å². The van der Waals surface area contributed by atoms with E-state index in [1.165, 1.54) is 0 Å². The van der Waals surface area contributed by atoms with Gasteiger partial charge in [0.15, 0.2) is 11.5 Å². The average molecular weight is 234 g/mol. The average Bonchev–Trinajstić information content (AvgIpc) is 3.14. The second-order valence-corrected chi connectivity index (χ2v) is 3.91. The first-order valence-corrected chi connectivity index (χ1v) is 5.97. The second-order valence-electron chi connectivity index (χ2n) is 3.91. The van der Waals surface area contributed by atoms with Crippen LogP contribution in [0.4, 0.5) is 0 Å². The van der Waals surface area contributed by atoms with Crippen LogP contribution in [0.2, 0.25) is 0 Å². The minimum atomic E-state index is 0.259. The Morgan fingerprint density at radius 3 is 2.82 bits per heavy atom. The summed E-state index contributed by atoms with van der Waals surface area (Å²) in [7, 11) is 0. The molecule has 3 nitrogen and oxygen atoms in total. The van der Waals surface area contributed by atoms with Crippen molar-refractivity contribution >= 4 is 6.08 Å². The van der Waals surface area contributed by atoms with Gasteiger partial charge in [-0.25, -0.2) is 0 Å². The van der Waals surface area contributed by atoms with Gasteiger partial charge < -0.3 is 14.2 Å². The fourth-order valence-corrected chi connectivity index (χ4v) is 1.56. The molecule has 0 N–H and O–H groups in total. The van der Waals surface area contributed by atoms with Crippen molar-refractivity contribution in [2.45, 2.75) is 20.0 Å². The molecule has 1 heterocycles. The van der Waals surface area contributed by atoms with Crippen molar-refractivity contribution in [1.82, 2.24) is 0 Å². The quantitative estimate of drug-likeness (QED) is 0.709. The Labute approximate surface area is 102 Å². The van der Waals surface area contributed by atoms with E-state index in [9.17, 15) is 0 Å². The summed E-state index contributed by atoms with van der Waals surface area (Å²) in [6, 6.07) is 5.96. The molecule has 1 aliphatic heterocycles. The molecular formula is C14H18O3. The molecule has 17 heavy (non-hydrogen) atoms. The van der Waals surface area contributed by atoms with Crippen molar-refractivity contribution in [1.29, 1.82) is 0 Å². The van der Waals surface area contributed by atoms with Crippen molar-refractivity contribution in [3.8, 4) is 11.5 Å². The first-order chi connectivity index (χ1) is 8.33. The van der Waals surface area contributed by atoms with E-state index in [1.807, 2.05) is 44.2 Å². The molecule has 3 heteroatoms. The standard InChI is InChI=1S/C14H18O3/c1-3-5-11-6-7-13(15-4-2)14(8-11)17-10-12-9-16-12/h3,5-8,12H,4,9-10H2,1-2H3/b5-3+. The molecule has 1 saturated heterocycles. The number of rotatable bonds is 6. The molecule has 92 valence electrons. The lowest BCUT2D eigenvalue weighted by Crippen LogP contribution is -2.06. The smallest absolute Gasteiger partial charge is 0.161 e. The van der Waals surface area contributed by atoms with Gasteiger partial charge in [-0.1, -0.05) is 18.2 Å². The third kappa shape index (κ3) is 3.49. The highest BCUT2D eigenvalue weighted by atomic mass is 16.6. The Morgan fingerprint density at radius 2 is 2.18 bits per heavy atom. The van der Waals surface area contributed by atoms with E-state index in [-0.39, 0.29) is 6.10 Å². The van der Waals surface area contributed by atoms with E-state index >= 15 is 0 Å². The van der Waals surface area contributed by atoms with Gasteiger partial charge in [-0.3, -0.25) is 0 Å². The molecule has 1 unspecified atom stereocenters. The molecule has 0 aliphatic carbocycles. The molecule has 1 atom stereocenters. The van der Waals surface area contributed by atoms with E-state index < -0.39 is 0 Å². The summed E-state index contributed by atoms with van der Waals surface area (Å²) in [6.07, 6.45) is 4.30. The van der Waals surface area contributed by atoms with Gasteiger partial charge in [-0.05, 0) is 31.5 Å². The van der Waals surface area contributed by atoms with E-state index in [0.29, 0.717) is 13.2 Å². The van der Waals surface area contributed by atoms with E-state index in [2.05, 4.69) is 0 Å². The van der Waals surface area contributed by atoms with E-state index in [1.54, 1.807) is 0 Å². The topological polar surface area (TPSA) is 31.0 Å². The predicted molar refractivity (Wildman–Crippen MR) is 67.6 cm³/mol. The molecule has 0 spiro atoms. The molecule has 2 rings (SSSR count). The minimum absolute atomic E-state index is 0.259. The summed E-state index contributed by atoms with van der Waals surface area (Å²) < 4.78 is 16.4. The maximum Gasteiger partial charge on any atom is 0.161 e. The number of benzene rings is 1. The Kier molecular flexibility index (Phi) is 4.04. The summed E-state index contributed by atoms with van der Waals surface area (Å²) >= 11 is 0. The highest BCUT2D eigenvalue weighted by Gasteiger charge is 2.23. The van der Waals surface area contributed by atoms with Crippen LogP contribution >= 0.6 is 0 Å². The highest BCUT2D eigenvalue weighted by molar-refractivity contribution is 5.55. The summed E-state index contributed by atoms with van der Waals surface area (Å²) in [5, 5.41) is 0. The molecule has 0 saturated carbocycles. The largest absolute Gasteiger partial charge is 0.490 e. The summed E-state index contributed by atoms with van der Waals surface area (Å²) in [4.78, 5) is 0. The molecule has 0 aromatic heterocycles. The fourth-order valence-electron chi connectivity index (χ4n) is 1.56. The van der Waals surface area contributed by atoms with Crippen LogP contribution in [-0.4, -0.2) is 25.9 Å². The summed E-state index contributed by atoms with van der Waals surface area (Å²) in [5.74, 6) is 1.58. The van der Waals surface area contributed by atoms with Gasteiger partial charge in [-0.2, -0.15) is 0 Å². The van der Waals surface area contributed by atoms with Crippen LogP contribution in [0.1, 0.15) is 19.4 Å². The zero-order chi connectivity index (χ0) is 12.1. The Balaban J connectivity index is 2.12. The van der Waals surface area contributed by atoms with E-state index in [4.69, 9.17) is 14.2 Å². The molecule has 0 amide bonds. The molecular weight excluding hydrogens is 216 g/mol. The van der Waals surface area contributed by atoms with Crippen LogP contribution in [0.5, 0.6) is 11.5 Å².